The molecule has 0 radical (unpaired) electrons. The lowest BCUT2D eigenvalue weighted by Crippen LogP contribution is -2.53. The Morgan fingerprint density at radius 1 is 0.489 bits per heavy atom. The number of para-hydroxylation sites is 3. The van der Waals surface area contributed by atoms with E-state index in [1.807, 2.05) is 18.2 Å². The minimum Gasteiger partial charge on any atom is -0.551 e. The van der Waals surface area contributed by atoms with Gasteiger partial charge in [-0.15, -0.1) is 0 Å². The molecular formula is C42H24BNO3. The second kappa shape index (κ2) is 9.18. The second-order valence-corrected chi connectivity index (χ2v) is 12.4. The molecule has 0 saturated carbocycles. The van der Waals surface area contributed by atoms with E-state index in [1.165, 1.54) is 21.8 Å². The van der Waals surface area contributed by atoms with E-state index in [0.29, 0.717) is 0 Å². The SMILES string of the molecule is c1cc2c3c(c1)-c1cc(-c4cccc5oc6ccccc6c45)ccc1OB3c1ccc(-n3c4ccccc4c4ccccc43)cc1O2. The van der Waals surface area contributed by atoms with Crippen LogP contribution in [0.1, 0.15) is 0 Å². The van der Waals surface area contributed by atoms with Crippen LogP contribution in [0.3, 0.4) is 0 Å². The molecule has 0 saturated heterocycles. The quantitative estimate of drug-likeness (QED) is 0.185. The van der Waals surface area contributed by atoms with Crippen molar-refractivity contribution in [3.8, 4) is 45.2 Å². The minimum absolute atomic E-state index is 0.267. The van der Waals surface area contributed by atoms with E-state index in [-0.39, 0.29) is 6.92 Å². The number of nitrogens with zero attached hydrogens (tertiary/aromatic N) is 1. The van der Waals surface area contributed by atoms with E-state index < -0.39 is 0 Å². The summed E-state index contributed by atoms with van der Waals surface area (Å²) in [5, 5.41) is 4.72. The van der Waals surface area contributed by atoms with Crippen LogP contribution in [0.5, 0.6) is 17.2 Å². The predicted molar refractivity (Wildman–Crippen MR) is 191 cm³/mol. The number of ether oxygens (including phenoxy) is 1. The lowest BCUT2D eigenvalue weighted by molar-refractivity contribution is 0.479. The zero-order valence-electron chi connectivity index (χ0n) is 25.1. The van der Waals surface area contributed by atoms with Crippen molar-refractivity contribution in [2.45, 2.75) is 0 Å². The monoisotopic (exact) mass is 601 g/mol. The highest BCUT2D eigenvalue weighted by Crippen LogP contribution is 2.43. The van der Waals surface area contributed by atoms with Gasteiger partial charge in [-0.25, -0.2) is 0 Å². The zero-order valence-corrected chi connectivity index (χ0v) is 25.1. The van der Waals surface area contributed by atoms with Crippen molar-refractivity contribution in [1.82, 2.24) is 4.57 Å². The number of hydrogen-bond donors (Lipinski definition) is 0. The summed E-state index contributed by atoms with van der Waals surface area (Å²) in [6.07, 6.45) is 0. The van der Waals surface area contributed by atoms with Gasteiger partial charge >= 0.3 is 6.92 Å². The van der Waals surface area contributed by atoms with E-state index in [4.69, 9.17) is 13.8 Å². The fraction of sp³-hybridized carbons (Fsp3) is 0. The minimum atomic E-state index is -0.267. The predicted octanol–water partition coefficient (Wildman–Crippen LogP) is 9.62. The Balaban J connectivity index is 1.05. The number of furan rings is 1. The Hall–Kier alpha value is -6.20. The topological polar surface area (TPSA) is 36.5 Å². The van der Waals surface area contributed by atoms with Gasteiger partial charge in [0.15, 0.2) is 0 Å². The molecule has 2 aliphatic rings. The number of fused-ring (bicyclic) bond motifs is 10. The van der Waals surface area contributed by atoms with Crippen LogP contribution in [-0.4, -0.2) is 11.5 Å². The summed E-state index contributed by atoms with van der Waals surface area (Å²) in [4.78, 5) is 0. The van der Waals surface area contributed by atoms with Crippen molar-refractivity contribution in [2.75, 3.05) is 0 Å². The summed E-state index contributed by atoms with van der Waals surface area (Å²) in [5.74, 6) is 2.52. The molecule has 0 unspecified atom stereocenters. The Morgan fingerprint density at radius 2 is 1.21 bits per heavy atom. The van der Waals surface area contributed by atoms with Crippen LogP contribution in [0.15, 0.2) is 150 Å². The van der Waals surface area contributed by atoms with Crippen molar-refractivity contribution in [2.24, 2.45) is 0 Å². The molecule has 0 amide bonds. The van der Waals surface area contributed by atoms with Crippen LogP contribution < -0.4 is 20.3 Å². The van der Waals surface area contributed by atoms with Crippen LogP contribution in [-0.2, 0) is 0 Å². The molecule has 47 heavy (non-hydrogen) atoms. The molecule has 0 N–H and O–H groups in total. The third-order valence-corrected chi connectivity index (χ3v) is 9.89. The first-order valence-electron chi connectivity index (χ1n) is 16.0. The highest BCUT2D eigenvalue weighted by molar-refractivity contribution is 6.84. The molecule has 4 nitrogen and oxygen atoms in total. The molecule has 5 heteroatoms. The van der Waals surface area contributed by atoms with Gasteiger partial charge in [0.25, 0.3) is 0 Å². The summed E-state index contributed by atoms with van der Waals surface area (Å²) < 4.78 is 22.1. The Kier molecular flexibility index (Phi) is 4.89. The van der Waals surface area contributed by atoms with Gasteiger partial charge in [-0.3, -0.25) is 0 Å². The average Bonchev–Trinajstić information content (AvgIpc) is 3.67. The zero-order chi connectivity index (χ0) is 30.6. The van der Waals surface area contributed by atoms with Crippen LogP contribution in [0.25, 0.3) is 71.7 Å². The Morgan fingerprint density at radius 3 is 2.06 bits per heavy atom. The maximum Gasteiger partial charge on any atom is 0.434 e. The first-order valence-corrected chi connectivity index (χ1v) is 16.0. The molecule has 0 fully saturated rings. The van der Waals surface area contributed by atoms with Gasteiger partial charge < -0.3 is 18.4 Å². The molecule has 0 bridgehead atoms. The highest BCUT2D eigenvalue weighted by atomic mass is 16.5. The lowest BCUT2D eigenvalue weighted by Gasteiger charge is -2.33. The molecule has 218 valence electrons. The van der Waals surface area contributed by atoms with Crippen molar-refractivity contribution >= 4 is 61.6 Å². The summed E-state index contributed by atoms with van der Waals surface area (Å²) >= 11 is 0. The van der Waals surface area contributed by atoms with Gasteiger partial charge in [0.05, 0.1) is 11.0 Å². The Bertz CT molecular complexity index is 2720. The van der Waals surface area contributed by atoms with Gasteiger partial charge in [0.1, 0.15) is 28.4 Å². The number of aromatic nitrogens is 1. The van der Waals surface area contributed by atoms with E-state index in [0.717, 1.165) is 78.1 Å². The van der Waals surface area contributed by atoms with Crippen LogP contribution in [0.2, 0.25) is 0 Å². The number of hydrogen-bond acceptors (Lipinski definition) is 3. The van der Waals surface area contributed by atoms with Gasteiger partial charge in [-0.05, 0) is 65.2 Å². The van der Waals surface area contributed by atoms with Crippen LogP contribution in [0.4, 0.5) is 0 Å². The standard InChI is InChI=1S/C42H24BNO3/c1-4-14-34-28(9-1)29-10-2-5-15-35(29)44(34)26-20-21-33-40(24-26)46-39-18-8-13-30-32-23-25(19-22-37(32)47-43(33)42(30)39)27-12-7-17-38-41(27)31-11-3-6-16-36(31)45-38/h1-24H. The Labute approximate surface area is 270 Å². The van der Waals surface area contributed by atoms with Gasteiger partial charge in [-0.2, -0.15) is 0 Å². The highest BCUT2D eigenvalue weighted by Gasteiger charge is 2.40. The van der Waals surface area contributed by atoms with E-state index in [2.05, 4.69) is 132 Å². The maximum atomic E-state index is 6.87. The summed E-state index contributed by atoms with van der Waals surface area (Å²) in [6.45, 7) is -0.267. The molecule has 2 aromatic heterocycles. The first kappa shape index (κ1) is 25.0. The van der Waals surface area contributed by atoms with E-state index >= 15 is 0 Å². The second-order valence-electron chi connectivity index (χ2n) is 12.4. The molecule has 0 aliphatic carbocycles. The third kappa shape index (κ3) is 3.43. The number of benzene rings is 7. The van der Waals surface area contributed by atoms with Crippen molar-refractivity contribution in [3.63, 3.8) is 0 Å². The molecule has 2 aliphatic heterocycles. The first-order chi connectivity index (χ1) is 23.3. The van der Waals surface area contributed by atoms with Crippen molar-refractivity contribution < 1.29 is 13.8 Å². The van der Waals surface area contributed by atoms with Gasteiger partial charge in [0, 0.05) is 49.8 Å². The normalized spacial score (nSPS) is 13.0. The fourth-order valence-electron chi connectivity index (χ4n) is 7.86. The maximum absolute atomic E-state index is 6.87. The smallest absolute Gasteiger partial charge is 0.434 e. The number of rotatable bonds is 2. The molecule has 11 rings (SSSR count). The molecule has 0 atom stereocenters. The lowest BCUT2D eigenvalue weighted by atomic mass is 9.51. The molecular weight excluding hydrogens is 577 g/mol. The third-order valence-electron chi connectivity index (χ3n) is 9.89. The van der Waals surface area contributed by atoms with Gasteiger partial charge in [-0.1, -0.05) is 91.0 Å². The molecule has 7 aromatic carbocycles. The molecule has 0 spiro atoms. The summed E-state index contributed by atoms with van der Waals surface area (Å²) in [6, 6.07) is 51.0. The average molecular weight is 601 g/mol. The fourth-order valence-corrected chi connectivity index (χ4v) is 7.86. The van der Waals surface area contributed by atoms with E-state index in [9.17, 15) is 0 Å². The molecule has 4 heterocycles. The van der Waals surface area contributed by atoms with Gasteiger partial charge in [0.2, 0.25) is 0 Å². The van der Waals surface area contributed by atoms with E-state index in [1.54, 1.807) is 0 Å². The van der Waals surface area contributed by atoms with Crippen LogP contribution in [0, 0.1) is 0 Å². The largest absolute Gasteiger partial charge is 0.551 e. The van der Waals surface area contributed by atoms with Crippen molar-refractivity contribution in [1.29, 1.82) is 0 Å². The molecule has 9 aromatic rings. The van der Waals surface area contributed by atoms with Crippen molar-refractivity contribution in [3.05, 3.63) is 146 Å². The summed E-state index contributed by atoms with van der Waals surface area (Å²) in [7, 11) is 0. The van der Waals surface area contributed by atoms with Crippen LogP contribution >= 0.6 is 0 Å². The summed E-state index contributed by atoms with van der Waals surface area (Å²) in [5.41, 5.74) is 11.7.